The topological polar surface area (TPSA) is 126 Å². The number of anilines is 1. The predicted molar refractivity (Wildman–Crippen MR) is 109 cm³/mol. The fraction of sp³-hybridized carbons (Fsp3) is 0.429. The van der Waals surface area contributed by atoms with Crippen molar-refractivity contribution in [3.05, 3.63) is 29.8 Å². The number of nitrogens with two attached hydrogens (primary N) is 1. The maximum atomic E-state index is 12.9. The number of hydrogen-bond acceptors (Lipinski definition) is 5. The fourth-order valence-corrected chi connectivity index (χ4v) is 3.23. The number of benzene rings is 1. The van der Waals surface area contributed by atoms with Crippen molar-refractivity contribution in [3.63, 3.8) is 0 Å². The average Bonchev–Trinajstić information content (AvgIpc) is 2.69. The molecule has 1 heterocycles. The van der Waals surface area contributed by atoms with Crippen molar-refractivity contribution < 1.29 is 19.1 Å². The fourth-order valence-electron chi connectivity index (χ4n) is 3.23. The van der Waals surface area contributed by atoms with Crippen LogP contribution < -0.4 is 16.0 Å². The molecule has 2 amide bonds. The molecule has 0 aromatic heterocycles. The molecule has 1 aromatic rings. The monoisotopic (exact) mass is 398 g/mol. The van der Waals surface area contributed by atoms with Crippen LogP contribution in [-0.2, 0) is 19.1 Å². The van der Waals surface area contributed by atoms with Crippen LogP contribution in [0.5, 0.6) is 0 Å². The number of nitrogens with one attached hydrogen (secondary N) is 2. The first kappa shape index (κ1) is 22.0. The minimum atomic E-state index is -0.768. The molecule has 2 rings (SSSR count). The second kappa shape index (κ2) is 10.3. The zero-order valence-electron chi connectivity index (χ0n) is 16.4. The smallest absolute Gasteiger partial charge is 0.308 e. The van der Waals surface area contributed by atoms with Crippen molar-refractivity contribution in [1.82, 2.24) is 5.32 Å². The van der Waals surface area contributed by atoms with Gasteiger partial charge in [-0.05, 0) is 44.0 Å². The Kier molecular flexibility index (Phi) is 7.78. The van der Waals surface area contributed by atoms with E-state index >= 15 is 0 Å². The van der Waals surface area contributed by atoms with Crippen LogP contribution in [0.2, 0.25) is 0 Å². The molecule has 4 N–H and O–H groups in total. The Bertz CT molecular complexity index is 813. The predicted octanol–water partition coefficient (Wildman–Crippen LogP) is 1.17. The molecule has 0 radical (unpaired) electrons. The van der Waals surface area contributed by atoms with Crippen molar-refractivity contribution in [2.75, 3.05) is 18.1 Å². The maximum Gasteiger partial charge on any atom is 0.308 e. The van der Waals surface area contributed by atoms with Crippen LogP contribution in [0, 0.1) is 23.7 Å². The summed E-state index contributed by atoms with van der Waals surface area (Å²) in [6, 6.07) is 6.09. The highest BCUT2D eigenvalue weighted by atomic mass is 16.5. The first-order valence-corrected chi connectivity index (χ1v) is 9.52. The molecule has 1 aliphatic rings. The van der Waals surface area contributed by atoms with E-state index in [0.717, 1.165) is 6.42 Å². The minimum Gasteiger partial charge on any atom is -0.466 e. The van der Waals surface area contributed by atoms with Crippen LogP contribution >= 0.6 is 0 Å². The lowest BCUT2D eigenvalue weighted by Gasteiger charge is -2.32. The zero-order chi connectivity index (χ0) is 21.4. The van der Waals surface area contributed by atoms with E-state index < -0.39 is 17.9 Å². The van der Waals surface area contributed by atoms with Gasteiger partial charge in [-0.15, -0.1) is 6.42 Å². The van der Waals surface area contributed by atoms with Crippen molar-refractivity contribution in [2.45, 2.75) is 38.6 Å². The molecule has 2 atom stereocenters. The number of amidine groups is 1. The van der Waals surface area contributed by atoms with Gasteiger partial charge in [-0.1, -0.05) is 5.92 Å². The van der Waals surface area contributed by atoms with Gasteiger partial charge in [0.1, 0.15) is 11.9 Å². The van der Waals surface area contributed by atoms with Gasteiger partial charge >= 0.3 is 5.97 Å². The third-order valence-corrected chi connectivity index (χ3v) is 4.68. The Balaban J connectivity index is 1.97. The van der Waals surface area contributed by atoms with Gasteiger partial charge in [0.25, 0.3) is 0 Å². The zero-order valence-corrected chi connectivity index (χ0v) is 16.4. The number of terminal acetylenes is 1. The van der Waals surface area contributed by atoms with Crippen LogP contribution in [0.15, 0.2) is 24.3 Å². The van der Waals surface area contributed by atoms with Gasteiger partial charge in [0.15, 0.2) is 0 Å². The van der Waals surface area contributed by atoms with E-state index in [-0.39, 0.29) is 37.1 Å². The molecule has 0 saturated carbocycles. The number of carbonyl (C=O) groups excluding carboxylic acids is 3. The third-order valence-electron chi connectivity index (χ3n) is 4.68. The van der Waals surface area contributed by atoms with Gasteiger partial charge in [-0.3, -0.25) is 19.8 Å². The van der Waals surface area contributed by atoms with Crippen LogP contribution in [0.3, 0.4) is 0 Å². The number of esters is 1. The van der Waals surface area contributed by atoms with E-state index in [1.165, 1.54) is 0 Å². The Morgan fingerprint density at radius 3 is 2.69 bits per heavy atom. The summed E-state index contributed by atoms with van der Waals surface area (Å²) in [5, 5.41) is 10.1. The maximum absolute atomic E-state index is 12.9. The molecule has 1 saturated heterocycles. The molecule has 0 aliphatic carbocycles. The highest BCUT2D eigenvalue weighted by Gasteiger charge is 2.31. The molecule has 1 fully saturated rings. The summed E-state index contributed by atoms with van der Waals surface area (Å²) in [7, 11) is 0. The third kappa shape index (κ3) is 6.07. The summed E-state index contributed by atoms with van der Waals surface area (Å²) in [4.78, 5) is 38.4. The Morgan fingerprint density at radius 2 is 2.10 bits per heavy atom. The Hall–Kier alpha value is -3.34. The number of carbonyl (C=O) groups is 3. The lowest BCUT2D eigenvalue weighted by atomic mass is 9.92. The normalized spacial score (nSPS) is 17.2. The molecule has 1 aromatic carbocycles. The molecule has 154 valence electrons. The van der Waals surface area contributed by atoms with E-state index in [4.69, 9.17) is 22.3 Å². The number of nitrogens with zero attached hydrogens (tertiary/aromatic N) is 1. The summed E-state index contributed by atoms with van der Waals surface area (Å²) in [6.45, 7) is 2.49. The van der Waals surface area contributed by atoms with Gasteiger partial charge in [0, 0.05) is 30.1 Å². The molecule has 8 heteroatoms. The number of hydrogen-bond donors (Lipinski definition) is 3. The quantitative estimate of drug-likeness (QED) is 0.262. The largest absolute Gasteiger partial charge is 0.466 e. The molecular formula is C21H26N4O4. The summed E-state index contributed by atoms with van der Waals surface area (Å²) >= 11 is 0. The van der Waals surface area contributed by atoms with Crippen LogP contribution in [-0.4, -0.2) is 42.8 Å². The van der Waals surface area contributed by atoms with E-state index in [0.29, 0.717) is 24.2 Å². The van der Waals surface area contributed by atoms with Crippen LogP contribution in [0.25, 0.3) is 0 Å². The van der Waals surface area contributed by atoms with Crippen molar-refractivity contribution in [1.29, 1.82) is 5.41 Å². The van der Waals surface area contributed by atoms with E-state index in [9.17, 15) is 14.4 Å². The standard InChI is InChI=1S/C21H26N4O4/c1-3-16(13-19(27)29-4-2)24-18(26)12-15-6-5-11-25(21(15)28)17-9-7-14(8-10-17)20(22)23/h1,7-10,15-16H,4-6,11-13H2,2H3,(H3,22,23)(H,24,26)/t15?,16-/m1/s1. The van der Waals surface area contributed by atoms with Gasteiger partial charge < -0.3 is 20.7 Å². The average molecular weight is 398 g/mol. The van der Waals surface area contributed by atoms with Crippen LogP contribution in [0.1, 0.15) is 38.2 Å². The first-order valence-electron chi connectivity index (χ1n) is 9.52. The second-order valence-electron chi connectivity index (χ2n) is 6.79. The lowest BCUT2D eigenvalue weighted by molar-refractivity contribution is -0.143. The van der Waals surface area contributed by atoms with Crippen LogP contribution in [0.4, 0.5) is 5.69 Å². The van der Waals surface area contributed by atoms with E-state index in [1.807, 2.05) is 0 Å². The van der Waals surface area contributed by atoms with Gasteiger partial charge in [-0.25, -0.2) is 0 Å². The minimum absolute atomic E-state index is 0.00185. The molecule has 1 unspecified atom stereocenters. The second-order valence-corrected chi connectivity index (χ2v) is 6.79. The number of amides is 2. The van der Waals surface area contributed by atoms with Gasteiger partial charge in [0.05, 0.1) is 13.0 Å². The number of piperidine rings is 1. The number of nitrogen functional groups attached to an aromatic ring is 1. The summed E-state index contributed by atoms with van der Waals surface area (Å²) in [5.74, 6) is 0.876. The Morgan fingerprint density at radius 1 is 1.41 bits per heavy atom. The van der Waals surface area contributed by atoms with Crippen molar-refractivity contribution >= 4 is 29.3 Å². The Labute approximate surface area is 170 Å². The molecule has 29 heavy (non-hydrogen) atoms. The van der Waals surface area contributed by atoms with Crippen molar-refractivity contribution in [3.8, 4) is 12.3 Å². The van der Waals surface area contributed by atoms with E-state index in [2.05, 4.69) is 11.2 Å². The summed E-state index contributed by atoms with van der Waals surface area (Å²) in [6.07, 6.45) is 6.65. The summed E-state index contributed by atoms with van der Waals surface area (Å²) < 4.78 is 4.84. The molecule has 8 nitrogen and oxygen atoms in total. The molecule has 1 aliphatic heterocycles. The SMILES string of the molecule is C#C[C@H](CC(=O)OCC)NC(=O)CC1CCCN(c2ccc(C(=N)N)cc2)C1=O. The summed E-state index contributed by atoms with van der Waals surface area (Å²) in [5.41, 5.74) is 6.74. The van der Waals surface area contributed by atoms with Crippen molar-refractivity contribution in [2.24, 2.45) is 11.7 Å². The van der Waals surface area contributed by atoms with E-state index in [1.54, 1.807) is 36.1 Å². The molecular weight excluding hydrogens is 372 g/mol. The van der Waals surface area contributed by atoms with Gasteiger partial charge in [-0.2, -0.15) is 0 Å². The number of rotatable bonds is 8. The number of ether oxygens (including phenoxy) is 1. The van der Waals surface area contributed by atoms with Gasteiger partial charge in [0.2, 0.25) is 11.8 Å². The highest BCUT2D eigenvalue weighted by molar-refractivity contribution is 5.99. The molecule has 0 bridgehead atoms. The highest BCUT2D eigenvalue weighted by Crippen LogP contribution is 2.26. The first-order chi connectivity index (χ1) is 13.8. The lowest BCUT2D eigenvalue weighted by Crippen LogP contribution is -2.44. The molecule has 0 spiro atoms.